The summed E-state index contributed by atoms with van der Waals surface area (Å²) in [6.45, 7) is 5.74. The summed E-state index contributed by atoms with van der Waals surface area (Å²) in [4.78, 5) is 0. The van der Waals surface area contributed by atoms with E-state index in [4.69, 9.17) is 15.2 Å². The maximum Gasteiger partial charge on any atom is 0.127 e. The number of hydrogen-bond acceptors (Lipinski definition) is 3. The first-order valence-corrected chi connectivity index (χ1v) is 6.39. The van der Waals surface area contributed by atoms with Gasteiger partial charge in [-0.05, 0) is 18.1 Å². The first-order chi connectivity index (χ1) is 8.24. The summed E-state index contributed by atoms with van der Waals surface area (Å²) >= 11 is 0. The molecule has 1 unspecified atom stereocenters. The minimum Gasteiger partial charge on any atom is -0.493 e. The average Bonchev–Trinajstić information content (AvgIpc) is 2.72. The van der Waals surface area contributed by atoms with Gasteiger partial charge in [0.2, 0.25) is 0 Å². The van der Waals surface area contributed by atoms with Crippen molar-refractivity contribution in [3.05, 3.63) is 23.8 Å². The van der Waals surface area contributed by atoms with Crippen LogP contribution in [0, 0.1) is 5.92 Å². The number of nitrogens with two attached hydrogens (primary N) is 1. The Morgan fingerprint density at radius 3 is 2.88 bits per heavy atom. The Balaban J connectivity index is 1.99. The molecule has 0 fully saturated rings. The number of benzene rings is 1. The molecule has 2 N–H and O–H groups in total. The van der Waals surface area contributed by atoms with Crippen LogP contribution < -0.4 is 15.2 Å². The molecule has 0 saturated heterocycles. The van der Waals surface area contributed by atoms with E-state index in [2.05, 4.69) is 13.8 Å². The fourth-order valence-electron chi connectivity index (χ4n) is 2.04. The molecule has 0 amide bonds. The van der Waals surface area contributed by atoms with Crippen molar-refractivity contribution in [3.8, 4) is 11.5 Å². The highest BCUT2D eigenvalue weighted by molar-refractivity contribution is 5.44. The third kappa shape index (κ3) is 2.72. The highest BCUT2D eigenvalue weighted by Gasteiger charge is 2.20. The van der Waals surface area contributed by atoms with Gasteiger partial charge in [0.05, 0.1) is 12.6 Å². The van der Waals surface area contributed by atoms with Crippen molar-refractivity contribution in [1.82, 2.24) is 0 Å². The molecule has 1 aliphatic heterocycles. The lowest BCUT2D eigenvalue weighted by Gasteiger charge is -2.14. The van der Waals surface area contributed by atoms with Crippen molar-refractivity contribution >= 4 is 0 Å². The molecule has 0 spiro atoms. The predicted octanol–water partition coefficient (Wildman–Crippen LogP) is 2.89. The molecule has 2 rings (SSSR count). The fraction of sp³-hybridized carbons (Fsp3) is 0.571. The Morgan fingerprint density at radius 2 is 2.18 bits per heavy atom. The minimum absolute atomic E-state index is 0.0121. The molecule has 1 atom stereocenters. The van der Waals surface area contributed by atoms with E-state index in [0.29, 0.717) is 12.5 Å². The van der Waals surface area contributed by atoms with Crippen molar-refractivity contribution in [2.45, 2.75) is 32.7 Å². The fourth-order valence-corrected chi connectivity index (χ4v) is 2.04. The van der Waals surface area contributed by atoms with Crippen LogP contribution in [0.2, 0.25) is 0 Å². The minimum atomic E-state index is 0.0121. The number of rotatable bonds is 5. The molecule has 0 aliphatic carbocycles. The van der Waals surface area contributed by atoms with Crippen LogP contribution >= 0.6 is 0 Å². The normalized spacial score (nSPS) is 18.0. The van der Waals surface area contributed by atoms with Crippen LogP contribution in [0.3, 0.4) is 0 Å². The Hall–Kier alpha value is -1.22. The lowest BCUT2D eigenvalue weighted by Crippen LogP contribution is -2.11. The van der Waals surface area contributed by atoms with E-state index < -0.39 is 0 Å². The molecule has 1 aromatic rings. The Kier molecular flexibility index (Phi) is 3.89. The molecule has 1 heterocycles. The van der Waals surface area contributed by atoms with Crippen LogP contribution in [0.4, 0.5) is 0 Å². The maximum absolute atomic E-state index is 5.90. The lowest BCUT2D eigenvalue weighted by molar-refractivity contribution is 0.239. The SMILES string of the molecule is CCC(CC)COc1ccc2c(c1)OCC2N. The van der Waals surface area contributed by atoms with Crippen LogP contribution in [0.5, 0.6) is 11.5 Å². The molecular weight excluding hydrogens is 214 g/mol. The van der Waals surface area contributed by atoms with Crippen molar-refractivity contribution in [1.29, 1.82) is 0 Å². The molecule has 1 aromatic carbocycles. The summed E-state index contributed by atoms with van der Waals surface area (Å²) in [6.07, 6.45) is 2.31. The second-order valence-corrected chi connectivity index (χ2v) is 4.61. The molecular formula is C14H21NO2. The van der Waals surface area contributed by atoms with Gasteiger partial charge in [-0.15, -0.1) is 0 Å². The van der Waals surface area contributed by atoms with E-state index in [1.54, 1.807) is 0 Å². The van der Waals surface area contributed by atoms with E-state index in [1.807, 2.05) is 18.2 Å². The van der Waals surface area contributed by atoms with Gasteiger partial charge in [0, 0.05) is 11.6 Å². The summed E-state index contributed by atoms with van der Waals surface area (Å²) in [5.74, 6) is 2.38. The van der Waals surface area contributed by atoms with E-state index in [-0.39, 0.29) is 6.04 Å². The van der Waals surface area contributed by atoms with Crippen molar-refractivity contribution in [3.63, 3.8) is 0 Å². The zero-order valence-corrected chi connectivity index (χ0v) is 10.6. The van der Waals surface area contributed by atoms with Gasteiger partial charge in [0.15, 0.2) is 0 Å². The van der Waals surface area contributed by atoms with Gasteiger partial charge in [0.25, 0.3) is 0 Å². The van der Waals surface area contributed by atoms with E-state index in [0.717, 1.165) is 36.5 Å². The zero-order valence-electron chi connectivity index (χ0n) is 10.6. The predicted molar refractivity (Wildman–Crippen MR) is 68.4 cm³/mol. The lowest BCUT2D eigenvalue weighted by atomic mass is 10.1. The Labute approximate surface area is 103 Å². The van der Waals surface area contributed by atoms with Crippen LogP contribution in [0.1, 0.15) is 38.3 Å². The largest absolute Gasteiger partial charge is 0.493 e. The monoisotopic (exact) mass is 235 g/mol. The van der Waals surface area contributed by atoms with Crippen LogP contribution in [-0.2, 0) is 0 Å². The van der Waals surface area contributed by atoms with Crippen molar-refractivity contribution in [2.75, 3.05) is 13.2 Å². The van der Waals surface area contributed by atoms with Crippen LogP contribution in [0.15, 0.2) is 18.2 Å². The van der Waals surface area contributed by atoms with E-state index in [9.17, 15) is 0 Å². The molecule has 0 saturated carbocycles. The molecule has 1 aliphatic rings. The summed E-state index contributed by atoms with van der Waals surface area (Å²) in [5, 5.41) is 0. The average molecular weight is 235 g/mol. The molecule has 0 radical (unpaired) electrons. The molecule has 17 heavy (non-hydrogen) atoms. The first-order valence-electron chi connectivity index (χ1n) is 6.39. The smallest absolute Gasteiger partial charge is 0.127 e. The van der Waals surface area contributed by atoms with E-state index >= 15 is 0 Å². The molecule has 0 aromatic heterocycles. The Bertz CT molecular complexity index is 374. The molecule has 94 valence electrons. The van der Waals surface area contributed by atoms with Crippen molar-refractivity contribution < 1.29 is 9.47 Å². The standard InChI is InChI=1S/C14H21NO2/c1-3-10(4-2)8-16-11-5-6-12-13(15)9-17-14(12)7-11/h5-7,10,13H,3-4,8-9,15H2,1-2H3. The highest BCUT2D eigenvalue weighted by atomic mass is 16.5. The quantitative estimate of drug-likeness (QED) is 0.853. The van der Waals surface area contributed by atoms with Crippen LogP contribution in [-0.4, -0.2) is 13.2 Å². The number of hydrogen-bond donors (Lipinski definition) is 1. The molecule has 3 heteroatoms. The van der Waals surface area contributed by atoms with Gasteiger partial charge >= 0.3 is 0 Å². The third-order valence-electron chi connectivity index (χ3n) is 3.44. The second kappa shape index (κ2) is 5.41. The van der Waals surface area contributed by atoms with Gasteiger partial charge in [0.1, 0.15) is 18.1 Å². The second-order valence-electron chi connectivity index (χ2n) is 4.61. The summed E-state index contributed by atoms with van der Waals surface area (Å²) < 4.78 is 11.3. The maximum atomic E-state index is 5.90. The number of fused-ring (bicyclic) bond motifs is 1. The summed E-state index contributed by atoms with van der Waals surface area (Å²) in [6, 6.07) is 5.95. The van der Waals surface area contributed by atoms with Gasteiger partial charge in [-0.3, -0.25) is 0 Å². The van der Waals surface area contributed by atoms with Crippen molar-refractivity contribution in [2.24, 2.45) is 11.7 Å². The van der Waals surface area contributed by atoms with Gasteiger partial charge in [-0.25, -0.2) is 0 Å². The molecule has 3 nitrogen and oxygen atoms in total. The number of ether oxygens (including phenoxy) is 2. The molecule has 0 bridgehead atoms. The van der Waals surface area contributed by atoms with Gasteiger partial charge in [-0.1, -0.05) is 26.7 Å². The first kappa shape index (κ1) is 12.2. The van der Waals surface area contributed by atoms with E-state index in [1.165, 1.54) is 0 Å². The van der Waals surface area contributed by atoms with Gasteiger partial charge < -0.3 is 15.2 Å². The van der Waals surface area contributed by atoms with Gasteiger partial charge in [-0.2, -0.15) is 0 Å². The highest BCUT2D eigenvalue weighted by Crippen LogP contribution is 2.34. The third-order valence-corrected chi connectivity index (χ3v) is 3.44. The van der Waals surface area contributed by atoms with Crippen LogP contribution in [0.25, 0.3) is 0 Å². The topological polar surface area (TPSA) is 44.5 Å². The summed E-state index contributed by atoms with van der Waals surface area (Å²) in [5.41, 5.74) is 6.98. The Morgan fingerprint density at radius 1 is 1.41 bits per heavy atom. The summed E-state index contributed by atoms with van der Waals surface area (Å²) in [7, 11) is 0. The zero-order chi connectivity index (χ0) is 12.3.